The van der Waals surface area contributed by atoms with Crippen molar-refractivity contribution in [2.75, 3.05) is 6.61 Å². The molecule has 2 atom stereocenters. The van der Waals surface area contributed by atoms with Crippen molar-refractivity contribution in [1.29, 1.82) is 0 Å². The van der Waals surface area contributed by atoms with E-state index in [1.807, 2.05) is 6.92 Å². The Bertz CT molecular complexity index is 133. The van der Waals surface area contributed by atoms with E-state index < -0.39 is 0 Å². The quantitative estimate of drug-likeness (QED) is 0.568. The van der Waals surface area contributed by atoms with Gasteiger partial charge in [0.15, 0.2) is 0 Å². The van der Waals surface area contributed by atoms with Gasteiger partial charge in [-0.25, -0.2) is 0 Å². The first-order valence-electron chi connectivity index (χ1n) is 3.55. The Morgan fingerprint density at radius 2 is 2.50 bits per heavy atom. The Morgan fingerprint density at radius 1 is 1.80 bits per heavy atom. The summed E-state index contributed by atoms with van der Waals surface area (Å²) < 4.78 is 4.88. The molecule has 0 aromatic heterocycles. The molecule has 1 aliphatic rings. The molecule has 1 unspecified atom stereocenters. The number of rotatable bonds is 2. The van der Waals surface area contributed by atoms with E-state index in [-0.39, 0.29) is 24.6 Å². The van der Waals surface area contributed by atoms with Crippen LogP contribution in [0.15, 0.2) is 0 Å². The Morgan fingerprint density at radius 3 is 2.90 bits per heavy atom. The summed E-state index contributed by atoms with van der Waals surface area (Å²) in [6.45, 7) is 1.95. The van der Waals surface area contributed by atoms with Gasteiger partial charge in [-0.15, -0.1) is 0 Å². The minimum absolute atomic E-state index is 0.0454. The van der Waals surface area contributed by atoms with Crippen molar-refractivity contribution in [3.63, 3.8) is 0 Å². The lowest BCUT2D eigenvalue weighted by atomic mass is 10.0. The molecule has 0 spiro atoms. The van der Waals surface area contributed by atoms with Crippen LogP contribution in [0.3, 0.4) is 0 Å². The van der Waals surface area contributed by atoms with Gasteiger partial charge >= 0.3 is 5.97 Å². The summed E-state index contributed by atoms with van der Waals surface area (Å²) in [5, 5.41) is 8.52. The molecule has 0 aromatic rings. The molecule has 58 valence electrons. The minimum atomic E-state index is -0.151. The lowest BCUT2D eigenvalue weighted by Crippen LogP contribution is -2.08. The van der Waals surface area contributed by atoms with Gasteiger partial charge in [-0.3, -0.25) is 4.79 Å². The van der Waals surface area contributed by atoms with Gasteiger partial charge in [0.2, 0.25) is 0 Å². The lowest BCUT2D eigenvalue weighted by molar-refractivity contribution is -0.144. The van der Waals surface area contributed by atoms with Crippen LogP contribution in [0.1, 0.15) is 19.8 Å². The van der Waals surface area contributed by atoms with Crippen LogP contribution in [0.2, 0.25) is 0 Å². The van der Waals surface area contributed by atoms with E-state index in [1.54, 1.807) is 0 Å². The maximum Gasteiger partial charge on any atom is 0.309 e. The van der Waals surface area contributed by atoms with Crippen LogP contribution < -0.4 is 0 Å². The van der Waals surface area contributed by atoms with Gasteiger partial charge < -0.3 is 9.84 Å². The number of hydrogen-bond acceptors (Lipinski definition) is 3. The van der Waals surface area contributed by atoms with E-state index in [1.165, 1.54) is 0 Å². The summed E-state index contributed by atoms with van der Waals surface area (Å²) in [5.74, 6) is -0.207. The molecule has 0 aliphatic carbocycles. The number of aliphatic hydroxyl groups is 1. The molecule has 0 amide bonds. The summed E-state index contributed by atoms with van der Waals surface area (Å²) in [4.78, 5) is 10.8. The fraction of sp³-hybridized carbons (Fsp3) is 0.857. The highest BCUT2D eigenvalue weighted by molar-refractivity contribution is 5.74. The first-order valence-corrected chi connectivity index (χ1v) is 3.55. The monoisotopic (exact) mass is 144 g/mol. The minimum Gasteiger partial charge on any atom is -0.462 e. The van der Waals surface area contributed by atoms with Crippen LogP contribution in [0.4, 0.5) is 0 Å². The zero-order chi connectivity index (χ0) is 7.56. The zero-order valence-electron chi connectivity index (χ0n) is 6.04. The number of ether oxygens (including phenoxy) is 1. The molecule has 0 aromatic carbocycles. The number of hydrogen-bond donors (Lipinski definition) is 1. The third-order valence-corrected chi connectivity index (χ3v) is 1.74. The van der Waals surface area contributed by atoms with Gasteiger partial charge in [-0.1, -0.05) is 0 Å². The SMILES string of the molecule is C[C@@H]1CC(CCO)C(=O)O1. The highest BCUT2D eigenvalue weighted by Crippen LogP contribution is 2.22. The van der Waals surface area contributed by atoms with Crippen LogP contribution in [-0.2, 0) is 9.53 Å². The average Bonchev–Trinajstić information content (AvgIpc) is 2.13. The molecular formula is C7H12O3. The van der Waals surface area contributed by atoms with E-state index in [0.717, 1.165) is 6.42 Å². The van der Waals surface area contributed by atoms with Gasteiger partial charge in [-0.05, 0) is 19.8 Å². The molecule has 1 saturated heterocycles. The Balaban J connectivity index is 2.39. The van der Waals surface area contributed by atoms with Gasteiger partial charge in [-0.2, -0.15) is 0 Å². The van der Waals surface area contributed by atoms with Gasteiger partial charge in [0.05, 0.1) is 12.0 Å². The van der Waals surface area contributed by atoms with Gasteiger partial charge in [0.1, 0.15) is 0 Å². The third-order valence-electron chi connectivity index (χ3n) is 1.74. The molecule has 0 radical (unpaired) electrons. The predicted octanol–water partition coefficient (Wildman–Crippen LogP) is 0.320. The molecule has 3 heteroatoms. The summed E-state index contributed by atoms with van der Waals surface area (Å²) >= 11 is 0. The molecule has 1 aliphatic heterocycles. The molecule has 1 heterocycles. The molecular weight excluding hydrogens is 132 g/mol. The fourth-order valence-electron chi connectivity index (χ4n) is 1.23. The standard InChI is InChI=1S/C7H12O3/c1-5-4-6(2-3-8)7(9)10-5/h5-6,8H,2-4H2,1H3/t5-,6?/m1/s1. The molecule has 10 heavy (non-hydrogen) atoms. The highest BCUT2D eigenvalue weighted by Gasteiger charge is 2.30. The van der Waals surface area contributed by atoms with Gasteiger partial charge in [0, 0.05) is 6.61 Å². The molecule has 0 saturated carbocycles. The van der Waals surface area contributed by atoms with Crippen molar-refractivity contribution in [3.05, 3.63) is 0 Å². The van der Waals surface area contributed by atoms with Gasteiger partial charge in [0.25, 0.3) is 0 Å². The smallest absolute Gasteiger partial charge is 0.309 e. The van der Waals surface area contributed by atoms with Crippen molar-refractivity contribution in [3.8, 4) is 0 Å². The molecule has 1 fully saturated rings. The normalized spacial score (nSPS) is 32.4. The first-order chi connectivity index (χ1) is 4.74. The number of aliphatic hydroxyl groups excluding tert-OH is 1. The summed E-state index contributed by atoms with van der Waals surface area (Å²) in [6.07, 6.45) is 1.35. The average molecular weight is 144 g/mol. The predicted molar refractivity (Wildman–Crippen MR) is 35.4 cm³/mol. The Kier molecular flexibility index (Phi) is 2.27. The topological polar surface area (TPSA) is 46.5 Å². The maximum atomic E-state index is 10.8. The van der Waals surface area contributed by atoms with Crippen molar-refractivity contribution in [1.82, 2.24) is 0 Å². The summed E-state index contributed by atoms with van der Waals surface area (Å²) in [6, 6.07) is 0. The maximum absolute atomic E-state index is 10.8. The molecule has 3 nitrogen and oxygen atoms in total. The molecule has 1 rings (SSSR count). The van der Waals surface area contributed by atoms with E-state index in [9.17, 15) is 4.79 Å². The van der Waals surface area contributed by atoms with Crippen molar-refractivity contribution in [2.45, 2.75) is 25.9 Å². The lowest BCUT2D eigenvalue weighted by Gasteiger charge is -1.98. The van der Waals surface area contributed by atoms with E-state index in [2.05, 4.69) is 0 Å². The van der Waals surface area contributed by atoms with E-state index in [4.69, 9.17) is 9.84 Å². The number of carbonyl (C=O) groups excluding carboxylic acids is 1. The molecule has 1 N–H and O–H groups in total. The highest BCUT2D eigenvalue weighted by atomic mass is 16.5. The third kappa shape index (κ3) is 1.48. The fourth-order valence-corrected chi connectivity index (χ4v) is 1.23. The Hall–Kier alpha value is -0.570. The van der Waals surface area contributed by atoms with Crippen molar-refractivity contribution < 1.29 is 14.6 Å². The summed E-state index contributed by atoms with van der Waals surface area (Å²) in [5.41, 5.74) is 0. The zero-order valence-corrected chi connectivity index (χ0v) is 6.04. The van der Waals surface area contributed by atoms with E-state index >= 15 is 0 Å². The first kappa shape index (κ1) is 7.54. The van der Waals surface area contributed by atoms with Crippen LogP contribution >= 0.6 is 0 Å². The second-order valence-electron chi connectivity index (χ2n) is 2.69. The number of cyclic esters (lactones) is 1. The van der Waals surface area contributed by atoms with Crippen LogP contribution in [-0.4, -0.2) is 23.8 Å². The number of esters is 1. The largest absolute Gasteiger partial charge is 0.462 e. The summed E-state index contributed by atoms with van der Waals surface area (Å²) in [7, 11) is 0. The van der Waals surface area contributed by atoms with Crippen LogP contribution in [0.25, 0.3) is 0 Å². The van der Waals surface area contributed by atoms with Crippen LogP contribution in [0.5, 0.6) is 0 Å². The van der Waals surface area contributed by atoms with Crippen molar-refractivity contribution >= 4 is 5.97 Å². The second kappa shape index (κ2) is 3.01. The van der Waals surface area contributed by atoms with Crippen molar-refractivity contribution in [2.24, 2.45) is 5.92 Å². The Labute approximate surface area is 60.0 Å². The van der Waals surface area contributed by atoms with Crippen LogP contribution in [0, 0.1) is 5.92 Å². The molecule has 0 bridgehead atoms. The second-order valence-corrected chi connectivity index (χ2v) is 2.69. The van der Waals surface area contributed by atoms with E-state index in [0.29, 0.717) is 6.42 Å². The number of carbonyl (C=O) groups is 1.